The van der Waals surface area contributed by atoms with Gasteiger partial charge in [0.2, 0.25) is 0 Å². The number of anilines is 1. The van der Waals surface area contributed by atoms with E-state index in [0.717, 1.165) is 24.8 Å². The Balaban J connectivity index is 1.64. The summed E-state index contributed by atoms with van der Waals surface area (Å²) in [7, 11) is 0. The standard InChI is InChI=1S/C27H32ClNO5/c1-16(2)20-12-9-17(3)13-24(20)34-27(32)22-8-6-5-7-21(22)26(31)33-15-25(30)29-19-11-10-18(4)23(28)14-19/h5-8,10-11,14,16-17,20,24H,9,12-13,15H2,1-4H3,(H,29,30)/t17-,20-,24-/m1/s1. The van der Waals surface area contributed by atoms with Gasteiger partial charge in [-0.2, -0.15) is 0 Å². The fourth-order valence-corrected chi connectivity index (χ4v) is 4.55. The van der Waals surface area contributed by atoms with E-state index in [1.54, 1.807) is 36.4 Å². The lowest BCUT2D eigenvalue weighted by atomic mass is 9.75. The van der Waals surface area contributed by atoms with E-state index in [1.165, 1.54) is 6.07 Å². The molecular formula is C27H32ClNO5. The first-order valence-electron chi connectivity index (χ1n) is 11.7. The van der Waals surface area contributed by atoms with Gasteiger partial charge in [0.25, 0.3) is 5.91 Å². The molecule has 182 valence electrons. The van der Waals surface area contributed by atoms with Crippen LogP contribution in [0.4, 0.5) is 5.69 Å². The van der Waals surface area contributed by atoms with Crippen LogP contribution in [-0.2, 0) is 14.3 Å². The van der Waals surface area contributed by atoms with Crippen LogP contribution in [0.25, 0.3) is 0 Å². The van der Waals surface area contributed by atoms with Crippen molar-refractivity contribution < 1.29 is 23.9 Å². The van der Waals surface area contributed by atoms with Gasteiger partial charge in [0, 0.05) is 10.7 Å². The van der Waals surface area contributed by atoms with Crippen LogP contribution in [-0.4, -0.2) is 30.6 Å². The van der Waals surface area contributed by atoms with Gasteiger partial charge in [0.05, 0.1) is 11.1 Å². The summed E-state index contributed by atoms with van der Waals surface area (Å²) >= 11 is 6.08. The predicted molar refractivity (Wildman–Crippen MR) is 132 cm³/mol. The second-order valence-electron chi connectivity index (χ2n) is 9.40. The number of halogens is 1. The van der Waals surface area contributed by atoms with Crippen LogP contribution in [0.5, 0.6) is 0 Å². The van der Waals surface area contributed by atoms with Crippen LogP contribution in [0.3, 0.4) is 0 Å². The zero-order valence-electron chi connectivity index (χ0n) is 20.1. The summed E-state index contributed by atoms with van der Waals surface area (Å²) in [4.78, 5) is 38.0. The molecular weight excluding hydrogens is 454 g/mol. The summed E-state index contributed by atoms with van der Waals surface area (Å²) < 4.78 is 11.1. The van der Waals surface area contributed by atoms with Crippen LogP contribution in [0.2, 0.25) is 5.02 Å². The average molecular weight is 486 g/mol. The molecule has 3 atom stereocenters. The van der Waals surface area contributed by atoms with E-state index in [-0.39, 0.29) is 17.2 Å². The number of nitrogens with one attached hydrogen (secondary N) is 1. The van der Waals surface area contributed by atoms with Crippen molar-refractivity contribution in [2.45, 2.75) is 53.1 Å². The van der Waals surface area contributed by atoms with Gasteiger partial charge in [-0.15, -0.1) is 0 Å². The average Bonchev–Trinajstić information content (AvgIpc) is 2.79. The van der Waals surface area contributed by atoms with Gasteiger partial charge in [0.1, 0.15) is 6.10 Å². The number of ether oxygens (including phenoxy) is 2. The number of hydrogen-bond acceptors (Lipinski definition) is 5. The highest BCUT2D eigenvalue weighted by atomic mass is 35.5. The maximum Gasteiger partial charge on any atom is 0.339 e. The number of hydrogen-bond donors (Lipinski definition) is 1. The molecule has 3 rings (SSSR count). The number of amides is 1. The zero-order valence-corrected chi connectivity index (χ0v) is 20.9. The predicted octanol–water partition coefficient (Wildman–Crippen LogP) is 6.06. The van der Waals surface area contributed by atoms with Crippen LogP contribution >= 0.6 is 11.6 Å². The smallest absolute Gasteiger partial charge is 0.339 e. The number of esters is 2. The van der Waals surface area contributed by atoms with Crippen molar-refractivity contribution >= 4 is 35.1 Å². The monoisotopic (exact) mass is 485 g/mol. The highest BCUT2D eigenvalue weighted by Gasteiger charge is 2.34. The Labute approximate surface area is 206 Å². The maximum absolute atomic E-state index is 13.0. The third-order valence-corrected chi connectivity index (χ3v) is 6.78. The van der Waals surface area contributed by atoms with Gasteiger partial charge >= 0.3 is 11.9 Å². The largest absolute Gasteiger partial charge is 0.458 e. The van der Waals surface area contributed by atoms with Crippen LogP contribution in [0, 0.1) is 24.7 Å². The second kappa shape index (κ2) is 11.5. The minimum absolute atomic E-state index is 0.0728. The van der Waals surface area contributed by atoms with Gasteiger partial charge in [-0.05, 0) is 67.3 Å². The van der Waals surface area contributed by atoms with Crippen LogP contribution in [0.1, 0.15) is 66.3 Å². The number of carbonyl (C=O) groups is 3. The Morgan fingerprint density at radius 2 is 1.74 bits per heavy atom. The molecule has 2 aromatic rings. The van der Waals surface area contributed by atoms with E-state index in [9.17, 15) is 14.4 Å². The van der Waals surface area contributed by atoms with E-state index in [1.807, 2.05) is 6.92 Å². The van der Waals surface area contributed by atoms with Crippen LogP contribution in [0.15, 0.2) is 42.5 Å². The number of rotatable bonds is 7. The van der Waals surface area contributed by atoms with Crippen molar-refractivity contribution in [2.24, 2.45) is 17.8 Å². The summed E-state index contributed by atoms with van der Waals surface area (Å²) in [6.45, 7) is 7.81. The lowest BCUT2D eigenvalue weighted by Crippen LogP contribution is -2.36. The van der Waals surface area contributed by atoms with Gasteiger partial charge in [0.15, 0.2) is 6.61 Å². The maximum atomic E-state index is 13.0. The molecule has 0 heterocycles. The van der Waals surface area contributed by atoms with Crippen LogP contribution < -0.4 is 5.32 Å². The molecule has 0 unspecified atom stereocenters. The molecule has 0 bridgehead atoms. The Bertz CT molecular complexity index is 1050. The number of aryl methyl sites for hydroxylation is 1. The van der Waals surface area contributed by atoms with E-state index in [2.05, 4.69) is 26.1 Å². The fraction of sp³-hybridized carbons (Fsp3) is 0.444. The van der Waals surface area contributed by atoms with E-state index >= 15 is 0 Å². The highest BCUT2D eigenvalue weighted by Crippen LogP contribution is 2.36. The first-order valence-corrected chi connectivity index (χ1v) is 12.1. The molecule has 0 aliphatic heterocycles. The van der Waals surface area contributed by atoms with Crippen molar-refractivity contribution in [1.82, 2.24) is 0 Å². The SMILES string of the molecule is Cc1ccc(NC(=O)COC(=O)c2ccccc2C(=O)O[C@@H]2C[C@H](C)CC[C@@H]2C(C)C)cc1Cl. The minimum Gasteiger partial charge on any atom is -0.458 e. The Kier molecular flexibility index (Phi) is 8.72. The van der Waals surface area contributed by atoms with Crippen molar-refractivity contribution in [2.75, 3.05) is 11.9 Å². The quantitative estimate of drug-likeness (QED) is 0.482. The lowest BCUT2D eigenvalue weighted by Gasteiger charge is -2.36. The molecule has 7 heteroatoms. The zero-order chi connectivity index (χ0) is 24.8. The molecule has 1 fully saturated rings. The summed E-state index contributed by atoms with van der Waals surface area (Å²) in [5.74, 6) is -0.650. The van der Waals surface area contributed by atoms with Gasteiger partial charge in [-0.3, -0.25) is 4.79 Å². The van der Waals surface area contributed by atoms with E-state index in [0.29, 0.717) is 28.5 Å². The second-order valence-corrected chi connectivity index (χ2v) is 9.81. The van der Waals surface area contributed by atoms with Crippen molar-refractivity contribution in [3.63, 3.8) is 0 Å². The van der Waals surface area contributed by atoms with Gasteiger partial charge in [-0.1, -0.05) is 57.0 Å². The first-order chi connectivity index (χ1) is 16.2. The number of benzene rings is 2. The van der Waals surface area contributed by atoms with Crippen molar-refractivity contribution in [3.05, 3.63) is 64.2 Å². The molecule has 1 N–H and O–H groups in total. The molecule has 0 aromatic heterocycles. The minimum atomic E-state index is -0.762. The summed E-state index contributed by atoms with van der Waals surface area (Å²) in [6, 6.07) is 11.5. The Hall–Kier alpha value is -2.86. The number of carbonyl (C=O) groups excluding carboxylic acids is 3. The van der Waals surface area contributed by atoms with E-state index < -0.39 is 24.5 Å². The van der Waals surface area contributed by atoms with Crippen molar-refractivity contribution in [3.8, 4) is 0 Å². The van der Waals surface area contributed by atoms with Gasteiger partial charge < -0.3 is 14.8 Å². The van der Waals surface area contributed by atoms with Gasteiger partial charge in [-0.25, -0.2) is 9.59 Å². The molecule has 2 aromatic carbocycles. The summed E-state index contributed by atoms with van der Waals surface area (Å²) in [6.07, 6.45) is 2.76. The third-order valence-electron chi connectivity index (χ3n) is 6.38. The lowest BCUT2D eigenvalue weighted by molar-refractivity contribution is -0.119. The topological polar surface area (TPSA) is 81.7 Å². The highest BCUT2D eigenvalue weighted by molar-refractivity contribution is 6.31. The normalized spacial score (nSPS) is 20.0. The first kappa shape index (κ1) is 25.8. The molecule has 34 heavy (non-hydrogen) atoms. The third kappa shape index (κ3) is 6.60. The molecule has 1 aliphatic carbocycles. The molecule has 1 saturated carbocycles. The molecule has 0 saturated heterocycles. The van der Waals surface area contributed by atoms with Crippen molar-refractivity contribution in [1.29, 1.82) is 0 Å². The molecule has 0 radical (unpaired) electrons. The summed E-state index contributed by atoms with van der Waals surface area (Å²) in [5.41, 5.74) is 1.60. The Morgan fingerprint density at radius 3 is 2.38 bits per heavy atom. The fourth-order valence-electron chi connectivity index (χ4n) is 4.37. The molecule has 0 spiro atoms. The molecule has 1 aliphatic rings. The van der Waals surface area contributed by atoms with E-state index in [4.69, 9.17) is 21.1 Å². The molecule has 1 amide bonds. The molecule has 6 nitrogen and oxygen atoms in total. The summed E-state index contributed by atoms with van der Waals surface area (Å²) in [5, 5.41) is 3.16. The Morgan fingerprint density at radius 1 is 1.06 bits per heavy atom.